The van der Waals surface area contributed by atoms with Crippen LogP contribution in [0, 0.1) is 0 Å². The average molecular weight is 509 g/mol. The smallest absolute Gasteiger partial charge is 0.265 e. The number of aromatic nitrogens is 1. The number of rotatable bonds is 2. The van der Waals surface area contributed by atoms with Gasteiger partial charge in [-0.25, -0.2) is 10.8 Å². The van der Waals surface area contributed by atoms with Crippen molar-refractivity contribution in [3.05, 3.63) is 99.4 Å². The second-order valence-electron chi connectivity index (χ2n) is 10.2. The molecule has 4 heterocycles. The molecule has 0 saturated heterocycles. The van der Waals surface area contributed by atoms with Crippen LogP contribution in [0.25, 0.3) is 15.8 Å². The summed E-state index contributed by atoms with van der Waals surface area (Å²) in [5, 5.41) is 0.611. The van der Waals surface area contributed by atoms with Gasteiger partial charge in [-0.15, -0.1) is 11.3 Å². The molecule has 0 bridgehead atoms. The van der Waals surface area contributed by atoms with E-state index in [9.17, 15) is 9.59 Å². The summed E-state index contributed by atoms with van der Waals surface area (Å²) in [6.07, 6.45) is 6.44. The molecule has 7 nitrogen and oxygen atoms in total. The van der Waals surface area contributed by atoms with E-state index in [1.54, 1.807) is 24.3 Å². The SMILES string of the molecule is CC1(C)C2=C3C=C4C=C(c5nc6ccc(C(=O)NN)cc6s5)C(=O)C=C4OC3CCN2c2ccccc21. The molecule has 0 saturated carbocycles. The van der Waals surface area contributed by atoms with Crippen LogP contribution in [0.15, 0.2) is 83.3 Å². The van der Waals surface area contributed by atoms with Crippen molar-refractivity contribution in [2.75, 3.05) is 11.4 Å². The van der Waals surface area contributed by atoms with Crippen LogP contribution in [-0.4, -0.2) is 29.3 Å². The number of ketones is 1. The first-order valence-corrected chi connectivity index (χ1v) is 13.1. The van der Waals surface area contributed by atoms with Gasteiger partial charge in [0.25, 0.3) is 5.91 Å². The second kappa shape index (κ2) is 7.74. The van der Waals surface area contributed by atoms with Gasteiger partial charge >= 0.3 is 0 Å². The van der Waals surface area contributed by atoms with Crippen LogP contribution < -0.4 is 16.2 Å². The van der Waals surface area contributed by atoms with Crippen LogP contribution in [0.1, 0.15) is 41.2 Å². The fourth-order valence-electron chi connectivity index (χ4n) is 5.96. The molecule has 184 valence electrons. The minimum absolute atomic E-state index is 0.0767. The van der Waals surface area contributed by atoms with Crippen molar-refractivity contribution >= 4 is 44.5 Å². The van der Waals surface area contributed by atoms with Crippen LogP contribution >= 0.6 is 11.3 Å². The van der Waals surface area contributed by atoms with E-state index in [-0.39, 0.29) is 23.2 Å². The van der Waals surface area contributed by atoms with Crippen molar-refractivity contribution in [3.8, 4) is 0 Å². The summed E-state index contributed by atoms with van der Waals surface area (Å²) < 4.78 is 7.24. The lowest BCUT2D eigenvalue weighted by Crippen LogP contribution is -2.39. The lowest BCUT2D eigenvalue weighted by Gasteiger charge is -2.40. The number of hydrazine groups is 1. The quantitative estimate of drug-likeness (QED) is 0.300. The highest BCUT2D eigenvalue weighted by molar-refractivity contribution is 7.19. The van der Waals surface area contributed by atoms with Gasteiger partial charge in [0, 0.05) is 52.6 Å². The Kier molecular flexibility index (Phi) is 4.65. The summed E-state index contributed by atoms with van der Waals surface area (Å²) >= 11 is 1.38. The molecular formula is C29H24N4O3S. The fraction of sp³-hybridized carbons (Fsp3) is 0.207. The molecule has 37 heavy (non-hydrogen) atoms. The number of ether oxygens (including phenoxy) is 1. The van der Waals surface area contributed by atoms with Crippen LogP contribution in [0.4, 0.5) is 5.69 Å². The summed E-state index contributed by atoms with van der Waals surface area (Å²) in [6.45, 7) is 5.42. The highest BCUT2D eigenvalue weighted by atomic mass is 32.1. The summed E-state index contributed by atoms with van der Waals surface area (Å²) in [7, 11) is 0. The number of benzene rings is 2. The summed E-state index contributed by atoms with van der Waals surface area (Å²) in [5.74, 6) is 5.39. The number of nitrogen functional groups attached to an aromatic ring is 1. The number of nitrogens with two attached hydrogens (primary N) is 1. The molecule has 3 aliphatic heterocycles. The van der Waals surface area contributed by atoms with Gasteiger partial charge in [-0.1, -0.05) is 32.0 Å². The average Bonchev–Trinajstić information content (AvgIpc) is 3.43. The Balaban J connectivity index is 1.33. The van der Waals surface area contributed by atoms with E-state index < -0.39 is 0 Å². The number of hydrogen-bond acceptors (Lipinski definition) is 7. The maximum Gasteiger partial charge on any atom is 0.265 e. The minimum Gasteiger partial charge on any atom is -0.485 e. The molecule has 1 aromatic heterocycles. The van der Waals surface area contributed by atoms with Gasteiger partial charge in [-0.05, 0) is 42.0 Å². The molecule has 3 aromatic rings. The topological polar surface area (TPSA) is 97.6 Å². The maximum atomic E-state index is 13.2. The van der Waals surface area contributed by atoms with Crippen LogP contribution in [0.5, 0.6) is 0 Å². The normalized spacial score (nSPS) is 21.3. The molecule has 1 amide bonds. The van der Waals surface area contributed by atoms with E-state index in [0.717, 1.165) is 28.8 Å². The molecule has 1 aliphatic carbocycles. The first kappa shape index (κ1) is 22.2. The van der Waals surface area contributed by atoms with Crippen LogP contribution in [0.3, 0.4) is 0 Å². The number of hydrogen-bond donors (Lipinski definition) is 2. The summed E-state index contributed by atoms with van der Waals surface area (Å²) in [6, 6.07) is 13.8. The third-order valence-corrected chi connectivity index (χ3v) is 8.72. The highest BCUT2D eigenvalue weighted by Crippen LogP contribution is 2.53. The number of carbonyl (C=O) groups is 2. The zero-order chi connectivity index (χ0) is 25.5. The van der Waals surface area contributed by atoms with E-state index in [2.05, 4.69) is 59.5 Å². The van der Waals surface area contributed by atoms with Gasteiger partial charge in [0.15, 0.2) is 5.78 Å². The van der Waals surface area contributed by atoms with Crippen LogP contribution in [0.2, 0.25) is 0 Å². The summed E-state index contributed by atoms with van der Waals surface area (Å²) in [5.41, 5.74) is 9.61. The number of anilines is 1. The van der Waals surface area contributed by atoms with E-state index in [1.807, 2.05) is 6.08 Å². The highest BCUT2D eigenvalue weighted by Gasteiger charge is 2.46. The number of nitrogens with one attached hydrogen (secondary N) is 1. The molecule has 1 atom stereocenters. The van der Waals surface area contributed by atoms with Gasteiger partial charge in [0.1, 0.15) is 16.9 Å². The van der Waals surface area contributed by atoms with Gasteiger partial charge in [-0.3, -0.25) is 15.0 Å². The molecule has 3 N–H and O–H groups in total. The van der Waals surface area contributed by atoms with Crippen molar-refractivity contribution in [3.63, 3.8) is 0 Å². The molecule has 8 heteroatoms. The third-order valence-electron chi connectivity index (χ3n) is 7.67. The van der Waals surface area contributed by atoms with Gasteiger partial charge < -0.3 is 9.64 Å². The Labute approximate surface area is 217 Å². The number of para-hydroxylation sites is 1. The minimum atomic E-state index is -0.371. The van der Waals surface area contributed by atoms with E-state index >= 15 is 0 Å². The zero-order valence-electron chi connectivity index (χ0n) is 20.4. The fourth-order valence-corrected chi connectivity index (χ4v) is 6.98. The van der Waals surface area contributed by atoms with Gasteiger partial charge in [0.2, 0.25) is 0 Å². The molecule has 0 spiro atoms. The predicted molar refractivity (Wildman–Crippen MR) is 144 cm³/mol. The van der Waals surface area contributed by atoms with Crippen molar-refractivity contribution < 1.29 is 14.3 Å². The molecule has 0 radical (unpaired) electrons. The summed E-state index contributed by atoms with van der Waals surface area (Å²) in [4.78, 5) is 32.2. The monoisotopic (exact) mass is 508 g/mol. The number of nitrogens with zero attached hydrogens (tertiary/aromatic N) is 2. The molecule has 2 aromatic carbocycles. The Morgan fingerprint density at radius 1 is 1.19 bits per heavy atom. The number of amides is 1. The first-order chi connectivity index (χ1) is 17.8. The molecule has 1 unspecified atom stereocenters. The zero-order valence-corrected chi connectivity index (χ0v) is 21.2. The molecule has 7 rings (SSSR count). The van der Waals surface area contributed by atoms with Crippen molar-refractivity contribution in [1.82, 2.24) is 10.4 Å². The first-order valence-electron chi connectivity index (χ1n) is 12.3. The lowest BCUT2D eigenvalue weighted by molar-refractivity contribution is -0.109. The van der Waals surface area contributed by atoms with E-state index in [4.69, 9.17) is 10.6 Å². The van der Waals surface area contributed by atoms with Crippen molar-refractivity contribution in [2.24, 2.45) is 5.84 Å². The third kappa shape index (κ3) is 3.19. The Hall–Kier alpha value is -4.01. The van der Waals surface area contributed by atoms with E-state index in [0.29, 0.717) is 21.9 Å². The molecule has 0 fully saturated rings. The number of fused-ring (bicyclic) bond motifs is 6. The maximum absolute atomic E-state index is 13.2. The van der Waals surface area contributed by atoms with E-state index in [1.165, 1.54) is 33.9 Å². The largest absolute Gasteiger partial charge is 0.485 e. The standard InChI is InChI=1S/C29H24N4O3S/c1-29(2)19-5-3-4-6-21(19)33-10-9-23-18(26(29)33)12-16-11-17(22(34)14-24(16)36-23)28-31-20-8-7-15(27(35)32-30)13-25(20)37-28/h3-8,11-14,23H,9-10,30H2,1-2H3,(H,32,35). The lowest BCUT2D eigenvalue weighted by atomic mass is 9.79. The molecular weight excluding hydrogens is 484 g/mol. The number of thiazole rings is 1. The van der Waals surface area contributed by atoms with Crippen LogP contribution in [-0.2, 0) is 14.9 Å². The predicted octanol–water partition coefficient (Wildman–Crippen LogP) is 4.53. The second-order valence-corrected chi connectivity index (χ2v) is 11.2. The Bertz CT molecular complexity index is 1670. The van der Waals surface area contributed by atoms with Gasteiger partial charge in [0.05, 0.1) is 15.8 Å². The Morgan fingerprint density at radius 2 is 2.03 bits per heavy atom. The van der Waals surface area contributed by atoms with Crippen molar-refractivity contribution in [2.45, 2.75) is 31.8 Å². The molecule has 4 aliphatic rings. The van der Waals surface area contributed by atoms with Crippen molar-refractivity contribution in [1.29, 1.82) is 0 Å². The number of carbonyl (C=O) groups excluding carboxylic acids is 2. The van der Waals surface area contributed by atoms with Gasteiger partial charge in [-0.2, -0.15) is 0 Å². The number of allylic oxidation sites excluding steroid dienone is 4. The Morgan fingerprint density at radius 3 is 2.86 bits per heavy atom.